The number of carbonyl (C=O) groups is 1. The molecular weight excluding hydrogens is 304 g/mol. The highest BCUT2D eigenvalue weighted by molar-refractivity contribution is 6.38. The molecule has 1 aromatic carbocycles. The summed E-state index contributed by atoms with van der Waals surface area (Å²) >= 11 is 6.08. The Kier molecular flexibility index (Phi) is 3.65. The van der Waals surface area contributed by atoms with Crippen molar-refractivity contribution in [1.82, 2.24) is 9.55 Å². The molecule has 110 valence electrons. The number of fused-ring (bicyclic) bond motifs is 1. The van der Waals surface area contributed by atoms with Crippen LogP contribution >= 0.6 is 11.6 Å². The van der Waals surface area contributed by atoms with E-state index in [1.54, 1.807) is 18.3 Å². The maximum absolute atomic E-state index is 12.5. The van der Waals surface area contributed by atoms with Gasteiger partial charge in [-0.2, -0.15) is 0 Å². The number of rotatable bonds is 3. The monoisotopic (exact) mass is 314 g/mol. The molecule has 22 heavy (non-hydrogen) atoms. The summed E-state index contributed by atoms with van der Waals surface area (Å²) in [5, 5.41) is 9.64. The molecule has 6 heteroatoms. The number of pyridine rings is 2. The fourth-order valence-corrected chi connectivity index (χ4v) is 2.65. The van der Waals surface area contributed by atoms with Crippen LogP contribution < -0.4 is 5.56 Å². The highest BCUT2D eigenvalue weighted by Crippen LogP contribution is 2.24. The molecule has 0 fully saturated rings. The van der Waals surface area contributed by atoms with E-state index in [2.05, 4.69) is 4.98 Å². The fourth-order valence-electron chi connectivity index (χ4n) is 2.34. The molecule has 0 saturated carbocycles. The normalized spacial score (nSPS) is 10.8. The summed E-state index contributed by atoms with van der Waals surface area (Å²) in [6.45, 7) is 0.227. The Morgan fingerprint density at radius 2 is 1.91 bits per heavy atom. The molecule has 0 aliphatic carbocycles. The van der Waals surface area contributed by atoms with E-state index in [0.29, 0.717) is 11.0 Å². The molecule has 0 saturated heterocycles. The second kappa shape index (κ2) is 5.61. The van der Waals surface area contributed by atoms with Gasteiger partial charge >= 0.3 is 5.97 Å². The first-order chi connectivity index (χ1) is 10.6. The molecule has 3 aromatic rings. The molecule has 0 bridgehead atoms. The van der Waals surface area contributed by atoms with Gasteiger partial charge in [0, 0.05) is 11.6 Å². The summed E-state index contributed by atoms with van der Waals surface area (Å²) in [4.78, 5) is 28.1. The van der Waals surface area contributed by atoms with Crippen LogP contribution in [0, 0.1) is 0 Å². The van der Waals surface area contributed by atoms with Crippen molar-refractivity contribution in [2.24, 2.45) is 0 Å². The molecule has 0 radical (unpaired) electrons. The topological polar surface area (TPSA) is 72.2 Å². The summed E-state index contributed by atoms with van der Waals surface area (Å²) in [7, 11) is 0. The molecule has 0 unspecified atom stereocenters. The second-order valence-electron chi connectivity index (χ2n) is 4.75. The summed E-state index contributed by atoms with van der Waals surface area (Å²) in [6.07, 6.45) is 1.54. The number of hydrogen-bond acceptors (Lipinski definition) is 3. The Morgan fingerprint density at radius 1 is 1.18 bits per heavy atom. The zero-order valence-electron chi connectivity index (χ0n) is 11.4. The minimum atomic E-state index is -1.34. The van der Waals surface area contributed by atoms with Gasteiger partial charge in [0.05, 0.1) is 11.6 Å². The number of carboxylic acid groups (broad SMARTS) is 1. The van der Waals surface area contributed by atoms with Gasteiger partial charge in [0.15, 0.2) is 0 Å². The summed E-state index contributed by atoms with van der Waals surface area (Å²) in [5.41, 5.74) is 0.146. The number of aromatic carboxylic acids is 1. The third kappa shape index (κ3) is 2.35. The lowest BCUT2D eigenvalue weighted by molar-refractivity contribution is 0.0694. The standard InChI is InChI=1S/C16H11ClN2O3/c17-13-11-7-4-8-18-14(11)19(15(20)12(13)16(21)22)9-10-5-2-1-3-6-10/h1-8H,9H2,(H,21,22). The van der Waals surface area contributed by atoms with Crippen molar-refractivity contribution in [3.05, 3.63) is 75.2 Å². The van der Waals surface area contributed by atoms with Crippen molar-refractivity contribution in [2.45, 2.75) is 6.54 Å². The van der Waals surface area contributed by atoms with Crippen molar-refractivity contribution in [1.29, 1.82) is 0 Å². The Morgan fingerprint density at radius 3 is 2.59 bits per heavy atom. The molecule has 1 N–H and O–H groups in total. The average molecular weight is 315 g/mol. The first kappa shape index (κ1) is 14.3. The first-order valence-electron chi connectivity index (χ1n) is 6.54. The van der Waals surface area contributed by atoms with Crippen LogP contribution in [-0.4, -0.2) is 20.6 Å². The Bertz CT molecular complexity index is 920. The van der Waals surface area contributed by atoms with E-state index in [4.69, 9.17) is 11.6 Å². The van der Waals surface area contributed by atoms with Crippen LogP contribution in [0.5, 0.6) is 0 Å². The maximum Gasteiger partial charge on any atom is 0.342 e. The van der Waals surface area contributed by atoms with E-state index < -0.39 is 17.1 Å². The Hall–Kier alpha value is -2.66. The summed E-state index contributed by atoms with van der Waals surface area (Å²) < 4.78 is 1.33. The molecule has 0 aliphatic heterocycles. The number of benzene rings is 1. The van der Waals surface area contributed by atoms with Gasteiger partial charge in [0.2, 0.25) is 0 Å². The smallest absolute Gasteiger partial charge is 0.342 e. The van der Waals surface area contributed by atoms with Crippen LogP contribution in [0.4, 0.5) is 0 Å². The lowest BCUT2D eigenvalue weighted by Gasteiger charge is -2.12. The van der Waals surface area contributed by atoms with E-state index in [1.165, 1.54) is 4.57 Å². The predicted octanol–water partition coefficient (Wildman–Crippen LogP) is 2.80. The Labute approximate surface area is 130 Å². The zero-order valence-corrected chi connectivity index (χ0v) is 12.1. The molecule has 2 heterocycles. The van der Waals surface area contributed by atoms with Crippen LogP contribution in [0.3, 0.4) is 0 Å². The predicted molar refractivity (Wildman–Crippen MR) is 83.5 cm³/mol. The van der Waals surface area contributed by atoms with E-state index in [-0.39, 0.29) is 11.6 Å². The van der Waals surface area contributed by atoms with Gasteiger partial charge in [-0.05, 0) is 17.7 Å². The average Bonchev–Trinajstić information content (AvgIpc) is 2.52. The highest BCUT2D eigenvalue weighted by atomic mass is 35.5. The SMILES string of the molecule is O=C(O)c1c(Cl)c2cccnc2n(Cc2ccccc2)c1=O. The minimum Gasteiger partial charge on any atom is -0.477 e. The van der Waals surface area contributed by atoms with E-state index in [9.17, 15) is 14.7 Å². The molecule has 0 atom stereocenters. The molecule has 2 aromatic heterocycles. The van der Waals surface area contributed by atoms with E-state index in [1.807, 2.05) is 30.3 Å². The third-order valence-electron chi connectivity index (χ3n) is 3.35. The van der Waals surface area contributed by atoms with E-state index >= 15 is 0 Å². The van der Waals surface area contributed by atoms with Gasteiger partial charge in [-0.3, -0.25) is 9.36 Å². The van der Waals surface area contributed by atoms with Gasteiger partial charge in [-0.1, -0.05) is 41.9 Å². The number of aromatic nitrogens is 2. The number of carboxylic acids is 1. The molecular formula is C16H11ClN2O3. The number of nitrogens with zero attached hydrogens (tertiary/aromatic N) is 2. The summed E-state index contributed by atoms with van der Waals surface area (Å²) in [5.74, 6) is -1.34. The van der Waals surface area contributed by atoms with Crippen LogP contribution in [0.2, 0.25) is 5.02 Å². The van der Waals surface area contributed by atoms with Crippen molar-refractivity contribution < 1.29 is 9.90 Å². The van der Waals surface area contributed by atoms with Crippen LogP contribution in [0.15, 0.2) is 53.5 Å². The number of halogens is 1. The van der Waals surface area contributed by atoms with Crippen LogP contribution in [0.25, 0.3) is 11.0 Å². The quantitative estimate of drug-likeness (QED) is 0.807. The maximum atomic E-state index is 12.5. The van der Waals surface area contributed by atoms with Crippen molar-refractivity contribution in [3.8, 4) is 0 Å². The molecule has 0 amide bonds. The lowest BCUT2D eigenvalue weighted by atomic mass is 10.1. The molecule has 0 spiro atoms. The highest BCUT2D eigenvalue weighted by Gasteiger charge is 2.21. The molecule has 5 nitrogen and oxygen atoms in total. The Balaban J connectivity index is 2.33. The third-order valence-corrected chi connectivity index (χ3v) is 3.75. The molecule has 3 rings (SSSR count). The van der Waals surface area contributed by atoms with E-state index in [0.717, 1.165) is 5.56 Å². The van der Waals surface area contributed by atoms with Gasteiger partial charge in [0.1, 0.15) is 11.2 Å². The largest absolute Gasteiger partial charge is 0.477 e. The van der Waals surface area contributed by atoms with Crippen molar-refractivity contribution >= 4 is 28.6 Å². The van der Waals surface area contributed by atoms with Crippen LogP contribution in [0.1, 0.15) is 15.9 Å². The number of hydrogen-bond donors (Lipinski definition) is 1. The van der Waals surface area contributed by atoms with Gasteiger partial charge in [-0.15, -0.1) is 0 Å². The van der Waals surface area contributed by atoms with Gasteiger partial charge in [-0.25, -0.2) is 9.78 Å². The summed E-state index contributed by atoms with van der Waals surface area (Å²) in [6, 6.07) is 12.6. The second-order valence-corrected chi connectivity index (χ2v) is 5.12. The van der Waals surface area contributed by atoms with Crippen molar-refractivity contribution in [3.63, 3.8) is 0 Å². The lowest BCUT2D eigenvalue weighted by Crippen LogP contribution is -2.28. The van der Waals surface area contributed by atoms with Gasteiger partial charge < -0.3 is 5.11 Å². The van der Waals surface area contributed by atoms with Crippen molar-refractivity contribution in [2.75, 3.05) is 0 Å². The first-order valence-corrected chi connectivity index (χ1v) is 6.91. The molecule has 0 aliphatic rings. The van der Waals surface area contributed by atoms with Gasteiger partial charge in [0.25, 0.3) is 5.56 Å². The van der Waals surface area contributed by atoms with Crippen LogP contribution in [-0.2, 0) is 6.54 Å². The fraction of sp³-hybridized carbons (Fsp3) is 0.0625. The zero-order chi connectivity index (χ0) is 15.7. The minimum absolute atomic E-state index is 0.0788.